The fourth-order valence-electron chi connectivity index (χ4n) is 3.16. The molecule has 1 N–H and O–H groups in total. The lowest BCUT2D eigenvalue weighted by Crippen LogP contribution is -2.39. The smallest absolute Gasteiger partial charge is 0.0638 e. The van der Waals surface area contributed by atoms with Gasteiger partial charge in [0.25, 0.3) is 0 Å². The number of nitrogens with zero attached hydrogens (tertiary/aromatic N) is 2. The highest BCUT2D eigenvalue weighted by Gasteiger charge is 2.30. The molecule has 3 rings (SSSR count). The molecule has 3 heteroatoms. The minimum Gasteiger partial charge on any atom is -0.310 e. The van der Waals surface area contributed by atoms with E-state index in [0.29, 0.717) is 6.04 Å². The molecule has 3 nitrogen and oxygen atoms in total. The van der Waals surface area contributed by atoms with Crippen LogP contribution in [0.15, 0.2) is 30.5 Å². The van der Waals surface area contributed by atoms with Gasteiger partial charge >= 0.3 is 0 Å². The second-order valence-corrected chi connectivity index (χ2v) is 6.02. The molecule has 1 heterocycles. The summed E-state index contributed by atoms with van der Waals surface area (Å²) in [7, 11) is 1.98. The second-order valence-electron chi connectivity index (χ2n) is 6.02. The molecule has 1 fully saturated rings. The zero-order valence-electron chi connectivity index (χ0n) is 12.6. The lowest BCUT2D eigenvalue weighted by Gasteiger charge is -2.37. The molecule has 1 saturated carbocycles. The first-order valence-electron chi connectivity index (χ1n) is 7.41. The standard InChI is InChI=1S/C17H23N3/c1-12-6-4-5-7-17(12)14-8-16(9-14)18-10-15-11-20(3)19-13(15)2/h4-7,11,14,16,18H,8-10H2,1-3H3. The Morgan fingerprint density at radius 3 is 2.65 bits per heavy atom. The van der Waals surface area contributed by atoms with E-state index in [4.69, 9.17) is 0 Å². The van der Waals surface area contributed by atoms with Gasteiger partial charge in [0.1, 0.15) is 0 Å². The van der Waals surface area contributed by atoms with Gasteiger partial charge in [-0.15, -0.1) is 0 Å². The maximum absolute atomic E-state index is 4.38. The fraction of sp³-hybridized carbons (Fsp3) is 0.471. The van der Waals surface area contributed by atoms with Gasteiger partial charge in [-0.25, -0.2) is 0 Å². The van der Waals surface area contributed by atoms with E-state index in [0.717, 1.165) is 18.2 Å². The van der Waals surface area contributed by atoms with Crippen molar-refractivity contribution in [3.8, 4) is 0 Å². The topological polar surface area (TPSA) is 29.9 Å². The summed E-state index contributed by atoms with van der Waals surface area (Å²) in [6.45, 7) is 5.23. The molecule has 1 aliphatic rings. The number of aromatic nitrogens is 2. The quantitative estimate of drug-likeness (QED) is 0.924. The fourth-order valence-corrected chi connectivity index (χ4v) is 3.16. The highest BCUT2D eigenvalue weighted by Crippen LogP contribution is 2.38. The molecule has 106 valence electrons. The van der Waals surface area contributed by atoms with E-state index in [-0.39, 0.29) is 0 Å². The Morgan fingerprint density at radius 1 is 1.25 bits per heavy atom. The van der Waals surface area contributed by atoms with Crippen molar-refractivity contribution >= 4 is 0 Å². The summed E-state index contributed by atoms with van der Waals surface area (Å²) in [6, 6.07) is 9.43. The SMILES string of the molecule is Cc1ccccc1C1CC(NCc2cn(C)nc2C)C1. The second kappa shape index (κ2) is 5.41. The molecule has 0 atom stereocenters. The monoisotopic (exact) mass is 269 g/mol. The van der Waals surface area contributed by atoms with Gasteiger partial charge in [0.15, 0.2) is 0 Å². The Balaban J connectivity index is 1.52. The maximum atomic E-state index is 4.38. The van der Waals surface area contributed by atoms with Crippen LogP contribution in [0.4, 0.5) is 0 Å². The molecule has 0 spiro atoms. The summed E-state index contributed by atoms with van der Waals surface area (Å²) < 4.78 is 1.89. The van der Waals surface area contributed by atoms with Crippen LogP contribution < -0.4 is 5.32 Å². The molecule has 0 amide bonds. The van der Waals surface area contributed by atoms with Crippen LogP contribution in [0.3, 0.4) is 0 Å². The number of benzene rings is 1. The van der Waals surface area contributed by atoms with Crippen molar-refractivity contribution < 1.29 is 0 Å². The van der Waals surface area contributed by atoms with Crippen LogP contribution >= 0.6 is 0 Å². The molecule has 0 radical (unpaired) electrons. The minimum atomic E-state index is 0.652. The molecule has 0 bridgehead atoms. The molecule has 0 aliphatic heterocycles. The van der Waals surface area contributed by atoms with E-state index in [9.17, 15) is 0 Å². The van der Waals surface area contributed by atoms with Gasteiger partial charge in [-0.3, -0.25) is 4.68 Å². The van der Waals surface area contributed by atoms with Gasteiger partial charge in [0, 0.05) is 31.4 Å². The molecule has 1 aromatic heterocycles. The third-order valence-electron chi connectivity index (χ3n) is 4.46. The van der Waals surface area contributed by atoms with Crippen molar-refractivity contribution in [2.45, 2.75) is 45.2 Å². The van der Waals surface area contributed by atoms with Gasteiger partial charge in [0.05, 0.1) is 5.69 Å². The summed E-state index contributed by atoms with van der Waals surface area (Å²) >= 11 is 0. The van der Waals surface area contributed by atoms with E-state index in [1.165, 1.54) is 29.5 Å². The average Bonchev–Trinajstić information content (AvgIpc) is 2.68. The first-order chi connectivity index (χ1) is 9.63. The van der Waals surface area contributed by atoms with Crippen molar-refractivity contribution in [3.63, 3.8) is 0 Å². The Hall–Kier alpha value is -1.61. The third kappa shape index (κ3) is 2.63. The molecule has 2 aromatic rings. The molecule has 1 aliphatic carbocycles. The van der Waals surface area contributed by atoms with Gasteiger partial charge in [-0.2, -0.15) is 5.10 Å². The van der Waals surface area contributed by atoms with Crippen LogP contribution in [0.2, 0.25) is 0 Å². The summed E-state index contributed by atoms with van der Waals surface area (Å²) in [6.07, 6.45) is 4.62. The molecule has 20 heavy (non-hydrogen) atoms. The first-order valence-corrected chi connectivity index (χ1v) is 7.41. The van der Waals surface area contributed by atoms with Crippen molar-refractivity contribution in [1.29, 1.82) is 0 Å². The number of hydrogen-bond donors (Lipinski definition) is 1. The van der Waals surface area contributed by atoms with Crippen LogP contribution in [-0.4, -0.2) is 15.8 Å². The zero-order valence-corrected chi connectivity index (χ0v) is 12.6. The Morgan fingerprint density at radius 2 is 2.00 bits per heavy atom. The predicted molar refractivity (Wildman–Crippen MR) is 81.7 cm³/mol. The molecular weight excluding hydrogens is 246 g/mol. The summed E-state index contributed by atoms with van der Waals surface area (Å²) in [4.78, 5) is 0. The lowest BCUT2D eigenvalue weighted by atomic mass is 9.74. The number of hydrogen-bond acceptors (Lipinski definition) is 2. The largest absolute Gasteiger partial charge is 0.310 e. The van der Waals surface area contributed by atoms with Crippen LogP contribution in [0.5, 0.6) is 0 Å². The normalized spacial score (nSPS) is 21.8. The average molecular weight is 269 g/mol. The molecule has 0 unspecified atom stereocenters. The zero-order chi connectivity index (χ0) is 14.1. The summed E-state index contributed by atoms with van der Waals surface area (Å²) in [5.41, 5.74) is 5.41. The number of rotatable bonds is 4. The Labute approximate surface area is 121 Å². The Kier molecular flexibility index (Phi) is 3.62. The molecule has 0 saturated heterocycles. The van der Waals surface area contributed by atoms with Crippen LogP contribution in [0.1, 0.15) is 41.1 Å². The van der Waals surface area contributed by atoms with Gasteiger partial charge in [0.2, 0.25) is 0 Å². The van der Waals surface area contributed by atoms with Crippen molar-refractivity contribution in [3.05, 3.63) is 52.8 Å². The van der Waals surface area contributed by atoms with Gasteiger partial charge in [-0.05, 0) is 43.7 Å². The lowest BCUT2D eigenvalue weighted by molar-refractivity contribution is 0.288. The van der Waals surface area contributed by atoms with E-state index in [1.54, 1.807) is 0 Å². The summed E-state index contributed by atoms with van der Waals surface area (Å²) in [5, 5.41) is 8.04. The van der Waals surface area contributed by atoms with Gasteiger partial charge in [-0.1, -0.05) is 24.3 Å². The van der Waals surface area contributed by atoms with Crippen LogP contribution in [-0.2, 0) is 13.6 Å². The first kappa shape index (κ1) is 13.4. The van der Waals surface area contributed by atoms with E-state index in [2.05, 4.69) is 54.7 Å². The van der Waals surface area contributed by atoms with Crippen LogP contribution in [0.25, 0.3) is 0 Å². The van der Waals surface area contributed by atoms with Crippen molar-refractivity contribution in [2.75, 3.05) is 0 Å². The Bertz CT molecular complexity index is 594. The number of aryl methyl sites for hydroxylation is 3. The molecular formula is C17H23N3. The molecule has 1 aromatic carbocycles. The summed E-state index contributed by atoms with van der Waals surface area (Å²) in [5.74, 6) is 0.740. The number of nitrogens with one attached hydrogen (secondary N) is 1. The maximum Gasteiger partial charge on any atom is 0.0638 e. The minimum absolute atomic E-state index is 0.652. The van der Waals surface area contributed by atoms with Crippen LogP contribution in [0, 0.1) is 13.8 Å². The van der Waals surface area contributed by atoms with E-state index < -0.39 is 0 Å². The van der Waals surface area contributed by atoms with Crippen molar-refractivity contribution in [2.24, 2.45) is 7.05 Å². The highest BCUT2D eigenvalue weighted by atomic mass is 15.2. The predicted octanol–water partition coefficient (Wildman–Crippen LogP) is 3.07. The highest BCUT2D eigenvalue weighted by molar-refractivity contribution is 5.31. The van der Waals surface area contributed by atoms with Crippen molar-refractivity contribution in [1.82, 2.24) is 15.1 Å². The van der Waals surface area contributed by atoms with Gasteiger partial charge < -0.3 is 5.32 Å². The van der Waals surface area contributed by atoms with E-state index >= 15 is 0 Å². The van der Waals surface area contributed by atoms with E-state index in [1.807, 2.05) is 11.7 Å². The third-order valence-corrected chi connectivity index (χ3v) is 4.46.